The number of nitrogens with zero attached hydrogens (tertiary/aromatic N) is 1. The highest BCUT2D eigenvalue weighted by molar-refractivity contribution is 7.89. The Hall–Kier alpha value is -3.04. The van der Waals surface area contributed by atoms with Crippen molar-refractivity contribution in [3.63, 3.8) is 0 Å². The van der Waals surface area contributed by atoms with Crippen LogP contribution in [0.15, 0.2) is 77.7 Å². The minimum Gasteiger partial charge on any atom is -0.298 e. The topological polar surface area (TPSA) is 54.5 Å². The highest BCUT2D eigenvalue weighted by atomic mass is 32.2. The third-order valence-electron chi connectivity index (χ3n) is 6.11. The second kappa shape index (κ2) is 9.91. The molecule has 184 valence electrons. The lowest BCUT2D eigenvalue weighted by Gasteiger charge is -2.23. The molecule has 1 heterocycles. The van der Waals surface area contributed by atoms with Crippen molar-refractivity contribution in [1.29, 1.82) is 0 Å². The Morgan fingerprint density at radius 3 is 2.29 bits per heavy atom. The van der Waals surface area contributed by atoms with Gasteiger partial charge >= 0.3 is 6.18 Å². The van der Waals surface area contributed by atoms with E-state index in [1.54, 1.807) is 30.3 Å². The number of alkyl halides is 3. The van der Waals surface area contributed by atoms with Gasteiger partial charge in [0.05, 0.1) is 16.5 Å². The van der Waals surface area contributed by atoms with Gasteiger partial charge in [0, 0.05) is 13.0 Å². The van der Waals surface area contributed by atoms with Gasteiger partial charge in [-0.05, 0) is 72.4 Å². The average Bonchev–Trinajstić information content (AvgIpc) is 3.34. The van der Waals surface area contributed by atoms with Gasteiger partial charge in [-0.15, -0.1) is 0 Å². The molecule has 4 rings (SSSR count). The number of sulfonamides is 1. The van der Waals surface area contributed by atoms with Gasteiger partial charge < -0.3 is 0 Å². The van der Waals surface area contributed by atoms with Gasteiger partial charge in [0.1, 0.15) is 5.82 Å². The number of aryl methyl sites for hydroxylation is 1. The summed E-state index contributed by atoms with van der Waals surface area (Å²) in [6.07, 6.45) is -3.08. The molecule has 0 bridgehead atoms. The van der Waals surface area contributed by atoms with Gasteiger partial charge in [-0.3, -0.25) is 4.79 Å². The van der Waals surface area contributed by atoms with Crippen LogP contribution in [0.4, 0.5) is 17.6 Å². The van der Waals surface area contributed by atoms with Gasteiger partial charge in [-0.2, -0.15) is 17.5 Å². The van der Waals surface area contributed by atoms with Crippen LogP contribution >= 0.6 is 0 Å². The Bertz CT molecular complexity index is 1320. The first-order valence-electron chi connectivity index (χ1n) is 11.1. The van der Waals surface area contributed by atoms with Crippen LogP contribution in [0.1, 0.15) is 30.4 Å². The van der Waals surface area contributed by atoms with Gasteiger partial charge in [0.25, 0.3) is 0 Å². The number of ketones is 1. The van der Waals surface area contributed by atoms with Crippen molar-refractivity contribution < 1.29 is 30.8 Å². The van der Waals surface area contributed by atoms with Crippen LogP contribution in [0, 0.1) is 5.82 Å². The van der Waals surface area contributed by atoms with Crippen LogP contribution in [0.2, 0.25) is 0 Å². The fraction of sp³-hybridized carbons (Fsp3) is 0.269. The molecule has 1 atom stereocenters. The van der Waals surface area contributed by atoms with Crippen LogP contribution < -0.4 is 0 Å². The zero-order valence-corrected chi connectivity index (χ0v) is 19.4. The van der Waals surface area contributed by atoms with Crippen molar-refractivity contribution in [2.75, 3.05) is 6.54 Å². The molecule has 1 aliphatic rings. The lowest BCUT2D eigenvalue weighted by molar-refractivity contribution is -0.137. The summed E-state index contributed by atoms with van der Waals surface area (Å²) in [7, 11) is -3.94. The Balaban J connectivity index is 1.46. The molecule has 0 radical (unpaired) electrons. The zero-order chi connectivity index (χ0) is 25.2. The summed E-state index contributed by atoms with van der Waals surface area (Å²) in [5.74, 6) is -0.775. The van der Waals surface area contributed by atoms with E-state index in [2.05, 4.69) is 0 Å². The monoisotopic (exact) mass is 505 g/mol. The first kappa shape index (κ1) is 25.1. The number of rotatable bonds is 7. The number of Topliss-reactive ketones (excluding diaryl/α,β-unsaturated/α-hetero) is 1. The molecule has 0 saturated carbocycles. The number of benzene rings is 3. The van der Waals surface area contributed by atoms with E-state index >= 15 is 0 Å². The Morgan fingerprint density at radius 1 is 0.943 bits per heavy atom. The number of halogens is 4. The molecule has 0 spiro atoms. The number of hydrogen-bond donors (Lipinski definition) is 0. The highest BCUT2D eigenvalue weighted by Crippen LogP contribution is 2.33. The zero-order valence-electron chi connectivity index (χ0n) is 18.6. The van der Waals surface area contributed by atoms with Crippen molar-refractivity contribution in [2.24, 2.45) is 0 Å². The fourth-order valence-electron chi connectivity index (χ4n) is 4.31. The molecule has 3 aromatic carbocycles. The van der Waals surface area contributed by atoms with Gasteiger partial charge in [0.15, 0.2) is 5.78 Å². The summed E-state index contributed by atoms with van der Waals surface area (Å²) in [6, 6.07) is 15.7. The summed E-state index contributed by atoms with van der Waals surface area (Å²) in [5.41, 5.74) is 1.04. The molecule has 0 unspecified atom stereocenters. The second-order valence-electron chi connectivity index (χ2n) is 8.47. The number of carbonyl (C=O) groups is 1. The molecule has 0 aliphatic carbocycles. The first-order chi connectivity index (χ1) is 16.6. The van der Waals surface area contributed by atoms with E-state index in [0.29, 0.717) is 30.4 Å². The smallest absolute Gasteiger partial charge is 0.298 e. The van der Waals surface area contributed by atoms with Gasteiger partial charge in [-0.1, -0.05) is 36.4 Å². The molecule has 1 aliphatic heterocycles. The Kier molecular flexibility index (Phi) is 7.10. The van der Waals surface area contributed by atoms with E-state index in [1.165, 1.54) is 22.5 Å². The largest absolute Gasteiger partial charge is 0.416 e. The molecule has 0 aromatic heterocycles. The minimum absolute atomic E-state index is 0.0626. The fourth-order valence-corrected chi connectivity index (χ4v) is 5.99. The van der Waals surface area contributed by atoms with E-state index in [-0.39, 0.29) is 23.6 Å². The van der Waals surface area contributed by atoms with Crippen molar-refractivity contribution >= 4 is 15.8 Å². The first-order valence-corrected chi connectivity index (χ1v) is 12.6. The Morgan fingerprint density at radius 2 is 1.60 bits per heavy atom. The van der Waals surface area contributed by atoms with Crippen LogP contribution in [-0.2, 0) is 27.4 Å². The predicted octanol–water partition coefficient (Wildman–Crippen LogP) is 5.87. The summed E-state index contributed by atoms with van der Waals surface area (Å²) in [4.78, 5) is 12.9. The molecule has 3 aromatic rings. The average molecular weight is 506 g/mol. The van der Waals surface area contributed by atoms with Crippen molar-refractivity contribution in [3.05, 3.63) is 89.7 Å². The SMILES string of the molecule is O=C(CCc1cccc(-c2cccc(C(F)(F)F)c2)c1)[C@@H]1CCCN1S(=O)(=O)c1ccc(F)cc1. The van der Waals surface area contributed by atoms with Crippen LogP contribution in [-0.4, -0.2) is 31.1 Å². The third kappa shape index (κ3) is 5.62. The maximum atomic E-state index is 13.2. The van der Waals surface area contributed by atoms with Crippen LogP contribution in [0.5, 0.6) is 0 Å². The van der Waals surface area contributed by atoms with Gasteiger partial charge in [0.2, 0.25) is 10.0 Å². The molecule has 1 fully saturated rings. The van der Waals surface area contributed by atoms with Crippen molar-refractivity contribution in [2.45, 2.75) is 42.8 Å². The normalized spacial score (nSPS) is 17.0. The van der Waals surface area contributed by atoms with Crippen LogP contribution in [0.3, 0.4) is 0 Å². The lowest BCUT2D eigenvalue weighted by atomic mass is 9.97. The van der Waals surface area contributed by atoms with E-state index in [0.717, 1.165) is 29.8 Å². The minimum atomic E-state index is -4.44. The molecular formula is C26H23F4NO3S. The quantitative estimate of drug-likeness (QED) is 0.378. The molecule has 35 heavy (non-hydrogen) atoms. The second-order valence-corrected chi connectivity index (χ2v) is 10.4. The summed E-state index contributed by atoms with van der Waals surface area (Å²) >= 11 is 0. The molecule has 9 heteroatoms. The summed E-state index contributed by atoms with van der Waals surface area (Å²) in [6.45, 7) is 0.209. The third-order valence-corrected chi connectivity index (χ3v) is 8.03. The predicted molar refractivity (Wildman–Crippen MR) is 124 cm³/mol. The molecule has 1 saturated heterocycles. The number of hydrogen-bond acceptors (Lipinski definition) is 3. The molecule has 4 nitrogen and oxygen atoms in total. The van der Waals surface area contributed by atoms with Crippen molar-refractivity contribution in [3.8, 4) is 11.1 Å². The van der Waals surface area contributed by atoms with Crippen molar-refractivity contribution in [1.82, 2.24) is 4.31 Å². The van der Waals surface area contributed by atoms with E-state index < -0.39 is 33.6 Å². The van der Waals surface area contributed by atoms with Crippen LogP contribution in [0.25, 0.3) is 11.1 Å². The van der Waals surface area contributed by atoms with E-state index in [1.807, 2.05) is 0 Å². The summed E-state index contributed by atoms with van der Waals surface area (Å²) < 4.78 is 79.6. The maximum Gasteiger partial charge on any atom is 0.416 e. The molecular weight excluding hydrogens is 482 g/mol. The lowest BCUT2D eigenvalue weighted by Crippen LogP contribution is -2.40. The van der Waals surface area contributed by atoms with E-state index in [9.17, 15) is 30.8 Å². The Labute approximate surface area is 201 Å². The summed E-state index contributed by atoms with van der Waals surface area (Å²) in [5, 5.41) is 0. The molecule has 0 N–H and O–H groups in total. The molecule has 0 amide bonds. The highest BCUT2D eigenvalue weighted by Gasteiger charge is 2.39. The standard InChI is InChI=1S/C26H23F4NO3S/c27-22-10-12-23(13-11-22)35(33,34)31-15-3-8-24(31)25(32)14-9-18-4-1-5-19(16-18)20-6-2-7-21(17-20)26(28,29)30/h1-2,4-7,10-13,16-17,24H,3,8-9,14-15H2/t24-/m0/s1. The maximum absolute atomic E-state index is 13.2. The van der Waals surface area contributed by atoms with Gasteiger partial charge in [-0.25, -0.2) is 12.8 Å². The number of carbonyl (C=O) groups excluding carboxylic acids is 1. The van der Waals surface area contributed by atoms with E-state index in [4.69, 9.17) is 0 Å².